The van der Waals surface area contributed by atoms with Crippen LogP contribution in [0.5, 0.6) is 23.1 Å². The molecule has 0 spiro atoms. The van der Waals surface area contributed by atoms with E-state index in [1.807, 2.05) is 49.4 Å². The third kappa shape index (κ3) is 3.51. The van der Waals surface area contributed by atoms with Crippen molar-refractivity contribution < 1.29 is 18.9 Å². The number of H-pyrrole nitrogens is 1. The molecule has 0 bridgehead atoms. The number of hydrogen-bond acceptors (Lipinski definition) is 7. The Morgan fingerprint density at radius 1 is 1.13 bits per heavy atom. The lowest BCUT2D eigenvalue weighted by molar-refractivity contribution is 0.311. The van der Waals surface area contributed by atoms with E-state index in [1.165, 1.54) is 0 Å². The molecule has 0 fully saturated rings. The molecule has 3 aromatic rings. The average Bonchev–Trinajstić information content (AvgIpc) is 3.22. The summed E-state index contributed by atoms with van der Waals surface area (Å²) in [6.45, 7) is 2.44. The van der Waals surface area contributed by atoms with Crippen molar-refractivity contribution in [2.75, 3.05) is 20.8 Å². The Balaban J connectivity index is 1.87. The molecule has 1 aromatic heterocycles. The first kappa shape index (κ1) is 20.2. The molecule has 1 atom stereocenters. The number of nitrogens with zero attached hydrogens (tertiary/aromatic N) is 2. The van der Waals surface area contributed by atoms with Crippen molar-refractivity contribution in [1.82, 2.24) is 10.2 Å². The van der Waals surface area contributed by atoms with Gasteiger partial charge in [-0.15, -0.1) is 5.10 Å². The number of rotatable bonds is 6. The average molecular weight is 418 g/mol. The van der Waals surface area contributed by atoms with Gasteiger partial charge >= 0.3 is 0 Å². The van der Waals surface area contributed by atoms with Crippen LogP contribution in [-0.2, 0) is 0 Å². The highest BCUT2D eigenvalue weighted by molar-refractivity contribution is 5.73. The van der Waals surface area contributed by atoms with Gasteiger partial charge in [0, 0.05) is 5.56 Å². The highest BCUT2D eigenvalue weighted by atomic mass is 16.5. The summed E-state index contributed by atoms with van der Waals surface area (Å²) in [4.78, 5) is 0. The third-order valence-electron chi connectivity index (χ3n) is 5.14. The summed E-state index contributed by atoms with van der Waals surface area (Å²) in [6, 6.07) is 15.3. The standard InChI is InChI=1S/C23H22N4O4/c1-4-30-17-10-7-14(11-18(17)29-3)21-20-19(13-5-8-15(28-2)9-6-13)16(12-24)22(25)31-23(20)27-26-21/h5-11,19H,4,25H2,1-3H3,(H,26,27). The first-order valence-corrected chi connectivity index (χ1v) is 9.72. The number of aromatic nitrogens is 2. The zero-order chi connectivity index (χ0) is 22.0. The van der Waals surface area contributed by atoms with E-state index in [-0.39, 0.29) is 5.88 Å². The molecule has 2 aromatic carbocycles. The van der Waals surface area contributed by atoms with Crippen molar-refractivity contribution in [3.63, 3.8) is 0 Å². The van der Waals surface area contributed by atoms with Crippen LogP contribution >= 0.6 is 0 Å². The number of methoxy groups -OCH3 is 2. The van der Waals surface area contributed by atoms with Gasteiger partial charge in [-0.1, -0.05) is 12.1 Å². The van der Waals surface area contributed by atoms with Crippen LogP contribution in [0.25, 0.3) is 11.3 Å². The van der Waals surface area contributed by atoms with Crippen LogP contribution in [0.2, 0.25) is 0 Å². The van der Waals surface area contributed by atoms with Crippen molar-refractivity contribution in [2.24, 2.45) is 5.73 Å². The van der Waals surface area contributed by atoms with Crippen LogP contribution in [0.4, 0.5) is 0 Å². The normalized spacial score (nSPS) is 15.0. The van der Waals surface area contributed by atoms with E-state index in [9.17, 15) is 5.26 Å². The predicted molar refractivity (Wildman–Crippen MR) is 114 cm³/mol. The number of benzene rings is 2. The van der Waals surface area contributed by atoms with Crippen molar-refractivity contribution in [1.29, 1.82) is 5.26 Å². The Hall–Kier alpha value is -4.12. The highest BCUT2D eigenvalue weighted by Crippen LogP contribution is 2.46. The molecule has 31 heavy (non-hydrogen) atoms. The van der Waals surface area contributed by atoms with Crippen molar-refractivity contribution in [3.8, 4) is 40.5 Å². The van der Waals surface area contributed by atoms with Gasteiger partial charge in [0.15, 0.2) is 11.5 Å². The van der Waals surface area contributed by atoms with E-state index in [4.69, 9.17) is 24.7 Å². The number of fused-ring (bicyclic) bond motifs is 1. The smallest absolute Gasteiger partial charge is 0.244 e. The maximum Gasteiger partial charge on any atom is 0.244 e. The van der Waals surface area contributed by atoms with Gasteiger partial charge in [0.1, 0.15) is 17.4 Å². The lowest BCUT2D eigenvalue weighted by Gasteiger charge is -2.24. The summed E-state index contributed by atoms with van der Waals surface area (Å²) in [5.74, 6) is 1.88. The number of hydrogen-bond donors (Lipinski definition) is 2. The Morgan fingerprint density at radius 2 is 1.90 bits per heavy atom. The number of ether oxygens (including phenoxy) is 4. The number of aromatic amines is 1. The van der Waals surface area contributed by atoms with Crippen LogP contribution < -0.4 is 24.7 Å². The molecule has 0 amide bonds. The highest BCUT2D eigenvalue weighted by Gasteiger charge is 2.35. The van der Waals surface area contributed by atoms with E-state index in [2.05, 4.69) is 16.3 Å². The third-order valence-corrected chi connectivity index (χ3v) is 5.14. The molecular formula is C23H22N4O4. The molecule has 0 saturated heterocycles. The summed E-state index contributed by atoms with van der Waals surface area (Å²) in [6.07, 6.45) is 0. The molecule has 0 saturated carbocycles. The number of nitrogens with two attached hydrogens (primary N) is 1. The zero-order valence-corrected chi connectivity index (χ0v) is 17.4. The molecule has 3 N–H and O–H groups in total. The van der Waals surface area contributed by atoms with Crippen LogP contribution in [0.15, 0.2) is 53.9 Å². The molecule has 8 heteroatoms. The van der Waals surface area contributed by atoms with Crippen molar-refractivity contribution >= 4 is 0 Å². The summed E-state index contributed by atoms with van der Waals surface area (Å²) < 4.78 is 22.0. The van der Waals surface area contributed by atoms with E-state index in [0.717, 1.165) is 22.4 Å². The monoisotopic (exact) mass is 418 g/mol. The second-order valence-electron chi connectivity index (χ2n) is 6.81. The van der Waals surface area contributed by atoms with Crippen LogP contribution in [0, 0.1) is 11.3 Å². The Labute approximate surface area is 179 Å². The minimum absolute atomic E-state index is 0.0399. The minimum atomic E-state index is -0.453. The van der Waals surface area contributed by atoms with Crippen molar-refractivity contribution in [2.45, 2.75) is 12.8 Å². The lowest BCUT2D eigenvalue weighted by Crippen LogP contribution is -2.21. The first-order chi connectivity index (χ1) is 15.1. The molecule has 1 aliphatic heterocycles. The maximum atomic E-state index is 9.84. The summed E-state index contributed by atoms with van der Waals surface area (Å²) >= 11 is 0. The molecule has 4 rings (SSSR count). The Bertz CT molecular complexity index is 1180. The fourth-order valence-electron chi connectivity index (χ4n) is 3.69. The van der Waals surface area contributed by atoms with Crippen LogP contribution in [-0.4, -0.2) is 31.0 Å². The fourth-order valence-corrected chi connectivity index (χ4v) is 3.69. The summed E-state index contributed by atoms with van der Waals surface area (Å²) in [5.41, 5.74) is 9.48. The second-order valence-corrected chi connectivity index (χ2v) is 6.81. The number of nitrogens with one attached hydrogen (secondary N) is 1. The van der Waals surface area contributed by atoms with E-state index in [0.29, 0.717) is 35.3 Å². The predicted octanol–water partition coefficient (Wildman–Crippen LogP) is 3.71. The van der Waals surface area contributed by atoms with E-state index in [1.54, 1.807) is 14.2 Å². The largest absolute Gasteiger partial charge is 0.497 e. The molecule has 158 valence electrons. The summed E-state index contributed by atoms with van der Waals surface area (Å²) in [5, 5.41) is 17.2. The molecule has 0 aliphatic carbocycles. The maximum absolute atomic E-state index is 9.84. The molecule has 0 radical (unpaired) electrons. The van der Waals surface area contributed by atoms with Crippen LogP contribution in [0.1, 0.15) is 24.0 Å². The fraction of sp³-hybridized carbons (Fsp3) is 0.217. The molecule has 2 heterocycles. The number of nitriles is 1. The van der Waals surface area contributed by atoms with E-state index < -0.39 is 5.92 Å². The Kier molecular flexibility index (Phi) is 5.41. The molecule has 1 unspecified atom stereocenters. The summed E-state index contributed by atoms with van der Waals surface area (Å²) in [7, 11) is 3.19. The quantitative estimate of drug-likeness (QED) is 0.627. The van der Waals surface area contributed by atoms with Gasteiger partial charge in [-0.3, -0.25) is 5.10 Å². The van der Waals surface area contributed by atoms with Gasteiger partial charge in [0.2, 0.25) is 11.8 Å². The van der Waals surface area contributed by atoms with E-state index >= 15 is 0 Å². The second kappa shape index (κ2) is 8.32. The lowest BCUT2D eigenvalue weighted by atomic mass is 9.83. The SMILES string of the molecule is CCOc1ccc(-c2[nH]nc3c2C(c2ccc(OC)cc2)C(C#N)=C(N)O3)cc1OC. The van der Waals surface area contributed by atoms with Gasteiger partial charge in [0.25, 0.3) is 0 Å². The Morgan fingerprint density at radius 3 is 2.55 bits per heavy atom. The van der Waals surface area contributed by atoms with Gasteiger partial charge in [-0.05, 0) is 42.8 Å². The molecule has 8 nitrogen and oxygen atoms in total. The molecular weight excluding hydrogens is 396 g/mol. The molecule has 1 aliphatic rings. The van der Waals surface area contributed by atoms with Crippen LogP contribution in [0.3, 0.4) is 0 Å². The van der Waals surface area contributed by atoms with Gasteiger partial charge in [0.05, 0.1) is 38.0 Å². The van der Waals surface area contributed by atoms with Gasteiger partial charge in [-0.2, -0.15) is 5.26 Å². The topological polar surface area (TPSA) is 115 Å². The number of allylic oxidation sites excluding steroid dienone is 1. The minimum Gasteiger partial charge on any atom is -0.497 e. The van der Waals surface area contributed by atoms with Gasteiger partial charge < -0.3 is 24.7 Å². The zero-order valence-electron chi connectivity index (χ0n) is 17.4. The first-order valence-electron chi connectivity index (χ1n) is 9.72. The van der Waals surface area contributed by atoms with Gasteiger partial charge in [-0.25, -0.2) is 0 Å². The van der Waals surface area contributed by atoms with Crippen molar-refractivity contribution in [3.05, 3.63) is 65.0 Å².